The maximum absolute atomic E-state index is 12.9. The average molecular weight is 474 g/mol. The molecule has 3 rings (SSSR count). The first kappa shape index (κ1) is 22.1. The highest BCUT2D eigenvalue weighted by molar-refractivity contribution is 9.10. The number of benzene rings is 2. The average Bonchev–Trinajstić information content (AvgIpc) is 2.98. The molecular formula is C23H24BrNO5. The molecule has 7 heteroatoms. The molecular weight excluding hydrogens is 450 g/mol. The van der Waals surface area contributed by atoms with Crippen molar-refractivity contribution in [2.24, 2.45) is 0 Å². The molecule has 0 radical (unpaired) electrons. The lowest BCUT2D eigenvalue weighted by Gasteiger charge is -2.25. The van der Waals surface area contributed by atoms with Crippen LogP contribution in [0, 0.1) is 0 Å². The molecule has 0 aliphatic carbocycles. The van der Waals surface area contributed by atoms with Gasteiger partial charge in [-0.3, -0.25) is 9.59 Å². The number of methoxy groups -OCH3 is 1. The lowest BCUT2D eigenvalue weighted by molar-refractivity contribution is -0.140. The van der Waals surface area contributed by atoms with Crippen LogP contribution in [0.5, 0.6) is 5.75 Å². The Morgan fingerprint density at radius 3 is 2.30 bits per heavy atom. The zero-order valence-electron chi connectivity index (χ0n) is 17.1. The first-order chi connectivity index (χ1) is 14.3. The number of ether oxygens (including phenoxy) is 2. The minimum absolute atomic E-state index is 0.00373. The molecule has 1 unspecified atom stereocenters. The quantitative estimate of drug-likeness (QED) is 0.368. The van der Waals surface area contributed by atoms with Gasteiger partial charge in [-0.15, -0.1) is 0 Å². The van der Waals surface area contributed by atoms with Gasteiger partial charge in [-0.2, -0.15) is 0 Å². The molecule has 1 N–H and O–H groups in total. The van der Waals surface area contributed by atoms with Gasteiger partial charge in [0.05, 0.1) is 31.4 Å². The van der Waals surface area contributed by atoms with Gasteiger partial charge in [0.1, 0.15) is 11.5 Å². The van der Waals surface area contributed by atoms with E-state index in [2.05, 4.69) is 15.9 Å². The highest BCUT2D eigenvalue weighted by Gasteiger charge is 2.45. The number of rotatable bonds is 7. The fourth-order valence-electron chi connectivity index (χ4n) is 3.39. The van der Waals surface area contributed by atoms with Gasteiger partial charge in [-0.25, -0.2) is 0 Å². The topological polar surface area (TPSA) is 76.1 Å². The molecule has 0 spiro atoms. The third kappa shape index (κ3) is 4.57. The van der Waals surface area contributed by atoms with E-state index in [4.69, 9.17) is 9.47 Å². The van der Waals surface area contributed by atoms with Crippen LogP contribution >= 0.6 is 15.9 Å². The van der Waals surface area contributed by atoms with E-state index in [9.17, 15) is 14.7 Å². The summed E-state index contributed by atoms with van der Waals surface area (Å²) in [6.45, 7) is 4.33. The third-order valence-electron chi connectivity index (χ3n) is 4.87. The Kier molecular flexibility index (Phi) is 6.95. The monoisotopic (exact) mass is 473 g/mol. The van der Waals surface area contributed by atoms with Gasteiger partial charge in [0, 0.05) is 16.6 Å². The number of amides is 1. The van der Waals surface area contributed by atoms with Gasteiger partial charge in [0.15, 0.2) is 0 Å². The van der Waals surface area contributed by atoms with Gasteiger partial charge in [-0.1, -0.05) is 40.2 Å². The van der Waals surface area contributed by atoms with Gasteiger partial charge >= 0.3 is 0 Å². The number of nitrogens with zero attached hydrogens (tertiary/aromatic N) is 1. The van der Waals surface area contributed by atoms with Crippen LogP contribution in [0.25, 0.3) is 5.76 Å². The summed E-state index contributed by atoms with van der Waals surface area (Å²) >= 11 is 3.36. The first-order valence-corrected chi connectivity index (χ1v) is 10.4. The van der Waals surface area contributed by atoms with Gasteiger partial charge < -0.3 is 19.5 Å². The summed E-state index contributed by atoms with van der Waals surface area (Å²) in [6, 6.07) is 13.3. The Balaban J connectivity index is 2.07. The fourth-order valence-corrected chi connectivity index (χ4v) is 3.66. The number of likely N-dealkylation sites (tertiary alicyclic amines) is 1. The van der Waals surface area contributed by atoms with E-state index in [-0.39, 0.29) is 30.6 Å². The molecule has 2 aromatic rings. The number of halogens is 1. The molecule has 1 saturated heterocycles. The highest BCUT2D eigenvalue weighted by Crippen LogP contribution is 2.39. The van der Waals surface area contributed by atoms with Gasteiger partial charge in [-0.05, 0) is 43.7 Å². The van der Waals surface area contributed by atoms with Crippen LogP contribution < -0.4 is 4.74 Å². The Hall–Kier alpha value is -2.64. The molecule has 1 amide bonds. The Morgan fingerprint density at radius 1 is 1.10 bits per heavy atom. The van der Waals surface area contributed by atoms with Crippen molar-refractivity contribution >= 4 is 33.4 Å². The Labute approximate surface area is 184 Å². The lowest BCUT2D eigenvalue weighted by atomic mass is 9.95. The fraction of sp³-hybridized carbons (Fsp3) is 0.304. The van der Waals surface area contributed by atoms with E-state index in [1.165, 1.54) is 4.90 Å². The van der Waals surface area contributed by atoms with Crippen molar-refractivity contribution in [3.05, 3.63) is 69.7 Å². The number of carbonyl (C=O) groups is 2. The molecule has 0 saturated carbocycles. The number of aliphatic hydroxyl groups excluding tert-OH is 1. The Bertz CT molecular complexity index is 951. The molecule has 1 atom stereocenters. The minimum Gasteiger partial charge on any atom is -0.507 e. The van der Waals surface area contributed by atoms with Gasteiger partial charge in [0.2, 0.25) is 0 Å². The summed E-state index contributed by atoms with van der Waals surface area (Å²) in [4.78, 5) is 27.2. The van der Waals surface area contributed by atoms with Crippen LogP contribution in [0.15, 0.2) is 58.6 Å². The molecule has 2 aromatic carbocycles. The van der Waals surface area contributed by atoms with Crippen molar-refractivity contribution in [3.8, 4) is 5.75 Å². The number of carbonyl (C=O) groups excluding carboxylic acids is 2. The normalized spacial score (nSPS) is 18.3. The zero-order chi connectivity index (χ0) is 21.8. The molecule has 1 fully saturated rings. The number of Topliss-reactive ketones (excluding diaryl/α,β-unsaturated/α-hetero) is 1. The summed E-state index contributed by atoms with van der Waals surface area (Å²) in [7, 11) is 1.57. The summed E-state index contributed by atoms with van der Waals surface area (Å²) in [5.41, 5.74) is 1.24. The smallest absolute Gasteiger partial charge is 0.295 e. The summed E-state index contributed by atoms with van der Waals surface area (Å²) in [6.07, 6.45) is 0.00373. The van der Waals surface area contributed by atoms with E-state index in [0.717, 1.165) is 4.47 Å². The van der Waals surface area contributed by atoms with Gasteiger partial charge in [0.25, 0.3) is 11.7 Å². The predicted octanol–water partition coefficient (Wildman–Crippen LogP) is 4.30. The largest absolute Gasteiger partial charge is 0.507 e. The zero-order valence-corrected chi connectivity index (χ0v) is 18.7. The Morgan fingerprint density at radius 2 is 1.73 bits per heavy atom. The number of hydrogen-bond acceptors (Lipinski definition) is 5. The van der Waals surface area contributed by atoms with Crippen LogP contribution in [0.4, 0.5) is 0 Å². The SMILES string of the molecule is COc1ccc(C2/C(=C(/O)c3ccc(Br)cc3)C(=O)C(=O)N2CCOC(C)C)cc1. The summed E-state index contributed by atoms with van der Waals surface area (Å²) in [5.74, 6) is -0.900. The van der Waals surface area contributed by atoms with Crippen LogP contribution in [-0.4, -0.2) is 48.1 Å². The lowest BCUT2D eigenvalue weighted by Crippen LogP contribution is -2.33. The second kappa shape index (κ2) is 9.45. The minimum atomic E-state index is -0.713. The molecule has 1 aliphatic rings. The molecule has 30 heavy (non-hydrogen) atoms. The van der Waals surface area contributed by atoms with E-state index in [1.54, 1.807) is 55.6 Å². The van der Waals surface area contributed by atoms with Crippen molar-refractivity contribution in [1.82, 2.24) is 4.90 Å². The van der Waals surface area contributed by atoms with Crippen LogP contribution in [0.3, 0.4) is 0 Å². The maximum Gasteiger partial charge on any atom is 0.295 e. The van der Waals surface area contributed by atoms with E-state index < -0.39 is 17.7 Å². The molecule has 0 bridgehead atoms. The molecule has 1 heterocycles. The second-order valence-corrected chi connectivity index (χ2v) is 8.11. The summed E-state index contributed by atoms with van der Waals surface area (Å²) < 4.78 is 11.7. The van der Waals surface area contributed by atoms with E-state index >= 15 is 0 Å². The van der Waals surface area contributed by atoms with Crippen LogP contribution in [0.2, 0.25) is 0 Å². The van der Waals surface area contributed by atoms with Crippen LogP contribution in [-0.2, 0) is 14.3 Å². The number of hydrogen-bond donors (Lipinski definition) is 1. The number of ketones is 1. The van der Waals surface area contributed by atoms with Crippen molar-refractivity contribution in [2.75, 3.05) is 20.3 Å². The van der Waals surface area contributed by atoms with Crippen molar-refractivity contribution in [2.45, 2.75) is 26.0 Å². The highest BCUT2D eigenvalue weighted by atomic mass is 79.9. The molecule has 6 nitrogen and oxygen atoms in total. The summed E-state index contributed by atoms with van der Waals surface area (Å²) in [5, 5.41) is 11.0. The molecule has 158 valence electrons. The van der Waals surface area contributed by atoms with Crippen LogP contribution in [0.1, 0.15) is 31.0 Å². The van der Waals surface area contributed by atoms with E-state index in [0.29, 0.717) is 16.9 Å². The van der Waals surface area contributed by atoms with Crippen molar-refractivity contribution < 1.29 is 24.2 Å². The first-order valence-electron chi connectivity index (χ1n) is 9.63. The maximum atomic E-state index is 12.9. The molecule has 0 aromatic heterocycles. The molecule has 1 aliphatic heterocycles. The number of aliphatic hydroxyl groups is 1. The standard InChI is InChI=1S/C23H24BrNO5/c1-14(2)30-13-12-25-20(15-6-10-18(29-3)11-7-15)19(22(27)23(25)28)21(26)16-4-8-17(24)9-5-16/h4-11,14,20,26H,12-13H2,1-3H3/b21-19-. The second-order valence-electron chi connectivity index (χ2n) is 7.19. The van der Waals surface area contributed by atoms with Crippen molar-refractivity contribution in [3.63, 3.8) is 0 Å². The van der Waals surface area contributed by atoms with E-state index in [1.807, 2.05) is 13.8 Å². The van der Waals surface area contributed by atoms with Crippen molar-refractivity contribution in [1.29, 1.82) is 0 Å². The third-order valence-corrected chi connectivity index (χ3v) is 5.40. The predicted molar refractivity (Wildman–Crippen MR) is 117 cm³/mol.